The van der Waals surface area contributed by atoms with Crippen molar-refractivity contribution >= 4 is 0 Å². The zero-order chi connectivity index (χ0) is 15.4. The Bertz CT molecular complexity index is 569. The summed E-state index contributed by atoms with van der Waals surface area (Å²) >= 11 is 0. The molecule has 3 N–H and O–H groups in total. The van der Waals surface area contributed by atoms with E-state index in [0.29, 0.717) is 18.0 Å². The fourth-order valence-corrected chi connectivity index (χ4v) is 3.83. The topological polar surface area (TPSA) is 36.8 Å². The average Bonchev–Trinajstić information content (AvgIpc) is 2.58. The van der Waals surface area contributed by atoms with Gasteiger partial charge in [0.05, 0.1) is 6.10 Å². The number of piperidine rings is 1. The van der Waals surface area contributed by atoms with Crippen LogP contribution in [-0.4, -0.2) is 11.2 Å². The third-order valence-corrected chi connectivity index (χ3v) is 4.92. The van der Waals surface area contributed by atoms with Gasteiger partial charge in [-0.1, -0.05) is 74.0 Å². The van der Waals surface area contributed by atoms with Crippen LogP contribution in [0.15, 0.2) is 60.7 Å². The van der Waals surface area contributed by atoms with Gasteiger partial charge in [-0.15, -0.1) is 0 Å². The summed E-state index contributed by atoms with van der Waals surface area (Å²) in [5.41, 5.74) is 2.65. The number of rotatable bonds is 4. The third kappa shape index (κ3) is 3.23. The van der Waals surface area contributed by atoms with Crippen LogP contribution < -0.4 is 5.32 Å². The predicted molar refractivity (Wildman–Crippen MR) is 89.3 cm³/mol. The molecule has 1 aliphatic heterocycles. The van der Waals surface area contributed by atoms with Gasteiger partial charge in [0.25, 0.3) is 0 Å². The highest BCUT2D eigenvalue weighted by Gasteiger charge is 2.40. The molecule has 1 aliphatic rings. The van der Waals surface area contributed by atoms with Crippen molar-refractivity contribution in [2.75, 3.05) is 0 Å². The van der Waals surface area contributed by atoms with Gasteiger partial charge in [0.2, 0.25) is 0 Å². The van der Waals surface area contributed by atoms with Gasteiger partial charge in [-0.25, -0.2) is 0 Å². The van der Waals surface area contributed by atoms with Gasteiger partial charge in [0.1, 0.15) is 12.1 Å². The molecule has 0 saturated carbocycles. The van der Waals surface area contributed by atoms with Crippen LogP contribution in [0.4, 0.5) is 0 Å². The van der Waals surface area contributed by atoms with Gasteiger partial charge in [-0.3, -0.25) is 0 Å². The lowest BCUT2D eigenvalue weighted by Crippen LogP contribution is -2.90. The Morgan fingerprint density at radius 2 is 1.55 bits per heavy atom. The van der Waals surface area contributed by atoms with Crippen molar-refractivity contribution in [1.82, 2.24) is 0 Å². The van der Waals surface area contributed by atoms with E-state index in [1.54, 1.807) is 0 Å². The highest BCUT2D eigenvalue weighted by atomic mass is 16.3. The maximum absolute atomic E-state index is 10.7. The normalized spacial score (nSPS) is 28.5. The lowest BCUT2D eigenvalue weighted by Gasteiger charge is -2.38. The lowest BCUT2D eigenvalue weighted by molar-refractivity contribution is -0.753. The van der Waals surface area contributed by atoms with Crippen molar-refractivity contribution in [3.05, 3.63) is 71.8 Å². The Morgan fingerprint density at radius 3 is 2.14 bits per heavy atom. The summed E-state index contributed by atoms with van der Waals surface area (Å²) in [6.07, 6.45) is 2.83. The minimum absolute atomic E-state index is 0.222. The summed E-state index contributed by atoms with van der Waals surface area (Å²) in [5.74, 6) is 0.340. The second-order valence-corrected chi connectivity index (χ2v) is 6.40. The van der Waals surface area contributed by atoms with Crippen LogP contribution in [0, 0.1) is 5.92 Å². The zero-order valence-electron chi connectivity index (χ0n) is 13.2. The molecule has 22 heavy (non-hydrogen) atoms. The number of aliphatic hydroxyl groups is 1. The molecule has 2 aromatic carbocycles. The van der Waals surface area contributed by atoms with E-state index in [0.717, 1.165) is 19.3 Å². The van der Waals surface area contributed by atoms with Gasteiger partial charge in [-0.05, 0) is 6.42 Å². The smallest absolute Gasteiger partial charge is 0.117 e. The highest BCUT2D eigenvalue weighted by molar-refractivity contribution is 5.21. The quantitative estimate of drug-likeness (QED) is 0.893. The molecule has 0 bridgehead atoms. The standard InChI is InChI=1S/C20H25NO/c1-2-9-17-19(22)14-18(15-10-5-3-6-11-15)21-20(17)16-12-7-4-8-13-16/h3-8,10-13,17-22H,2,9,14H2,1H3/p+1/t17-,18+,19-,20+/m0/s1. The van der Waals surface area contributed by atoms with E-state index < -0.39 is 0 Å². The fourth-order valence-electron chi connectivity index (χ4n) is 3.83. The van der Waals surface area contributed by atoms with E-state index in [1.165, 1.54) is 11.1 Å². The first kappa shape index (κ1) is 15.3. The Morgan fingerprint density at radius 1 is 0.955 bits per heavy atom. The molecule has 2 aromatic rings. The van der Waals surface area contributed by atoms with Crippen molar-refractivity contribution in [3.63, 3.8) is 0 Å². The maximum Gasteiger partial charge on any atom is 0.117 e. The van der Waals surface area contributed by atoms with E-state index in [2.05, 4.69) is 72.9 Å². The van der Waals surface area contributed by atoms with Crippen LogP contribution in [-0.2, 0) is 0 Å². The van der Waals surface area contributed by atoms with Gasteiger partial charge < -0.3 is 10.4 Å². The van der Waals surface area contributed by atoms with Crippen LogP contribution in [0.5, 0.6) is 0 Å². The van der Waals surface area contributed by atoms with Gasteiger partial charge in [-0.2, -0.15) is 0 Å². The molecule has 2 nitrogen and oxygen atoms in total. The molecular weight excluding hydrogens is 270 g/mol. The number of quaternary nitrogens is 1. The van der Waals surface area contributed by atoms with Crippen LogP contribution >= 0.6 is 0 Å². The molecule has 0 amide bonds. The van der Waals surface area contributed by atoms with Crippen molar-refractivity contribution < 1.29 is 10.4 Å². The first-order valence-electron chi connectivity index (χ1n) is 8.42. The first-order valence-corrected chi connectivity index (χ1v) is 8.42. The van der Waals surface area contributed by atoms with Crippen LogP contribution in [0.1, 0.15) is 49.4 Å². The minimum atomic E-state index is -0.222. The van der Waals surface area contributed by atoms with E-state index in [-0.39, 0.29) is 6.10 Å². The second-order valence-electron chi connectivity index (χ2n) is 6.40. The Hall–Kier alpha value is -1.64. The molecule has 0 aromatic heterocycles. The molecule has 1 saturated heterocycles. The molecule has 0 spiro atoms. The predicted octanol–water partition coefficient (Wildman–Crippen LogP) is 3.21. The van der Waals surface area contributed by atoms with Gasteiger partial charge in [0.15, 0.2) is 0 Å². The van der Waals surface area contributed by atoms with Crippen LogP contribution in [0.3, 0.4) is 0 Å². The number of benzene rings is 2. The summed E-state index contributed by atoms with van der Waals surface area (Å²) in [6, 6.07) is 21.9. The number of hydrogen-bond acceptors (Lipinski definition) is 1. The van der Waals surface area contributed by atoms with Crippen molar-refractivity contribution in [2.24, 2.45) is 5.92 Å². The van der Waals surface area contributed by atoms with Crippen LogP contribution in [0.2, 0.25) is 0 Å². The number of hydrogen-bond donors (Lipinski definition) is 2. The Kier molecular flexibility index (Phi) is 4.91. The fraction of sp³-hybridized carbons (Fsp3) is 0.400. The molecule has 1 fully saturated rings. The molecule has 0 unspecified atom stereocenters. The molecule has 4 atom stereocenters. The summed E-state index contributed by atoms with van der Waals surface area (Å²) in [5, 5.41) is 13.2. The molecule has 3 rings (SSSR count). The van der Waals surface area contributed by atoms with Crippen LogP contribution in [0.25, 0.3) is 0 Å². The largest absolute Gasteiger partial charge is 0.392 e. The summed E-state index contributed by atoms with van der Waals surface area (Å²) in [4.78, 5) is 0. The summed E-state index contributed by atoms with van der Waals surface area (Å²) in [7, 11) is 0. The van der Waals surface area contributed by atoms with Crippen molar-refractivity contribution in [3.8, 4) is 0 Å². The Balaban J connectivity index is 1.88. The molecule has 2 heteroatoms. The third-order valence-electron chi connectivity index (χ3n) is 4.92. The SMILES string of the molecule is CCC[C@@H]1[C@@H](c2ccccc2)[NH2+][C@@H](c2ccccc2)C[C@@H]1O. The summed E-state index contributed by atoms with van der Waals surface area (Å²) < 4.78 is 0. The summed E-state index contributed by atoms with van der Waals surface area (Å²) in [6.45, 7) is 2.21. The molecule has 0 aliphatic carbocycles. The minimum Gasteiger partial charge on any atom is -0.392 e. The van der Waals surface area contributed by atoms with E-state index in [4.69, 9.17) is 0 Å². The molecule has 1 heterocycles. The average molecular weight is 296 g/mol. The Labute approximate surface area is 133 Å². The van der Waals surface area contributed by atoms with Crippen molar-refractivity contribution in [1.29, 1.82) is 0 Å². The first-order chi connectivity index (χ1) is 10.8. The zero-order valence-corrected chi connectivity index (χ0v) is 13.2. The van der Waals surface area contributed by atoms with Crippen molar-refractivity contribution in [2.45, 2.75) is 44.4 Å². The van der Waals surface area contributed by atoms with E-state index in [9.17, 15) is 5.11 Å². The van der Waals surface area contributed by atoms with Gasteiger partial charge >= 0.3 is 0 Å². The maximum atomic E-state index is 10.7. The number of nitrogens with two attached hydrogens (primary N) is 1. The highest BCUT2D eigenvalue weighted by Crippen LogP contribution is 2.34. The van der Waals surface area contributed by atoms with E-state index >= 15 is 0 Å². The molecule has 116 valence electrons. The molecular formula is C20H26NO+. The second kappa shape index (κ2) is 7.08. The monoisotopic (exact) mass is 296 g/mol. The lowest BCUT2D eigenvalue weighted by atomic mass is 9.78. The molecule has 0 radical (unpaired) electrons. The number of aliphatic hydroxyl groups excluding tert-OH is 1. The van der Waals surface area contributed by atoms with E-state index in [1.807, 2.05) is 0 Å². The van der Waals surface area contributed by atoms with Gasteiger partial charge in [0, 0.05) is 23.5 Å².